The van der Waals surface area contributed by atoms with E-state index < -0.39 is 5.66 Å². The highest BCUT2D eigenvalue weighted by Gasteiger charge is 2.52. The van der Waals surface area contributed by atoms with Crippen LogP contribution in [-0.4, -0.2) is 120 Å². The molecule has 4 heterocycles. The lowest BCUT2D eigenvalue weighted by molar-refractivity contribution is -0.130. The molecule has 10 nitrogen and oxygen atoms in total. The number of amides is 3. The van der Waals surface area contributed by atoms with Gasteiger partial charge in [-0.3, -0.25) is 14.7 Å². The third-order valence-electron chi connectivity index (χ3n) is 11.8. The summed E-state index contributed by atoms with van der Waals surface area (Å²) in [5.74, 6) is 0. The molecule has 2 atom stereocenters. The second-order valence-electron chi connectivity index (χ2n) is 14.2. The molecule has 2 aromatic rings. The molecule has 0 bridgehead atoms. The maximum atomic E-state index is 14.2. The molecule has 0 aliphatic carbocycles. The Morgan fingerprint density at radius 3 is 2.35 bits per heavy atom. The van der Waals surface area contributed by atoms with Gasteiger partial charge in [0, 0.05) is 69.9 Å². The molecule has 0 spiro atoms. The first-order chi connectivity index (χ1) is 23.9. The molecular weight excluding hydrogens is 616 g/mol. The van der Waals surface area contributed by atoms with Crippen LogP contribution >= 0.6 is 0 Å². The monoisotopic (exact) mass is 672 g/mol. The number of anilines is 1. The van der Waals surface area contributed by atoms with Crippen molar-refractivity contribution in [1.29, 1.82) is 0 Å². The summed E-state index contributed by atoms with van der Waals surface area (Å²) in [7, 11) is 0. The molecule has 3 saturated heterocycles. The van der Waals surface area contributed by atoms with E-state index in [1.165, 1.54) is 24.0 Å². The number of para-hydroxylation sites is 1. The van der Waals surface area contributed by atoms with Crippen LogP contribution in [0.5, 0.6) is 0 Å². The Morgan fingerprint density at radius 1 is 0.898 bits per heavy atom. The molecule has 0 radical (unpaired) electrons. The standard InChI is InChI=1S/C39H56N6O4/c1-4-31-12-11-30(27-32(31)5-2)29-49-38(48)45-21-16-35(44-20-13-33-9-7-8-10-36(33)40-37(44)47)28-39(45,17-26-46)43-24-22-42(23-25-43)34-14-18-41(6-3)19-15-34/h7-12,26-27,34-35H,4-6,13-25,28-29H2,1-3H3,(H,40,47)/t35-,39+/m1/s1. The van der Waals surface area contributed by atoms with E-state index in [1.54, 1.807) is 0 Å². The summed E-state index contributed by atoms with van der Waals surface area (Å²) < 4.78 is 6.07. The van der Waals surface area contributed by atoms with Crippen molar-refractivity contribution in [3.05, 3.63) is 64.7 Å². The molecule has 6 rings (SSSR count). The number of hydrogen-bond donors (Lipinski definition) is 1. The van der Waals surface area contributed by atoms with Gasteiger partial charge in [0.05, 0.1) is 0 Å². The van der Waals surface area contributed by atoms with E-state index in [0.29, 0.717) is 32.0 Å². The zero-order valence-corrected chi connectivity index (χ0v) is 29.9. The number of fused-ring (bicyclic) bond motifs is 1. The van der Waals surface area contributed by atoms with E-state index in [2.05, 4.69) is 65.1 Å². The van der Waals surface area contributed by atoms with E-state index in [1.807, 2.05) is 28.0 Å². The molecule has 3 amide bonds. The number of carbonyl (C=O) groups is 3. The number of piperidine rings is 2. The van der Waals surface area contributed by atoms with Crippen LogP contribution in [0.1, 0.15) is 75.1 Å². The number of urea groups is 1. The summed E-state index contributed by atoms with van der Waals surface area (Å²) in [6.45, 7) is 14.4. The Labute approximate surface area is 292 Å². The molecule has 1 N–H and O–H groups in total. The Kier molecular flexibility index (Phi) is 11.6. The number of nitrogens with zero attached hydrogens (tertiary/aromatic N) is 5. The summed E-state index contributed by atoms with van der Waals surface area (Å²) >= 11 is 0. The van der Waals surface area contributed by atoms with Crippen LogP contribution in [-0.2, 0) is 35.4 Å². The predicted molar refractivity (Wildman–Crippen MR) is 193 cm³/mol. The first-order valence-corrected chi connectivity index (χ1v) is 18.7. The van der Waals surface area contributed by atoms with Crippen LogP contribution < -0.4 is 5.32 Å². The minimum absolute atomic E-state index is 0.114. The molecular formula is C39H56N6O4. The van der Waals surface area contributed by atoms with Crippen molar-refractivity contribution in [2.75, 3.05) is 64.2 Å². The lowest BCUT2D eigenvalue weighted by Crippen LogP contribution is -2.71. The lowest BCUT2D eigenvalue weighted by atomic mass is 9.85. The van der Waals surface area contributed by atoms with Gasteiger partial charge in [-0.05, 0) is 86.5 Å². The highest BCUT2D eigenvalue weighted by atomic mass is 16.6. The number of aryl methyl sites for hydroxylation is 2. The van der Waals surface area contributed by atoms with Gasteiger partial charge >= 0.3 is 12.1 Å². The van der Waals surface area contributed by atoms with Crippen LogP contribution in [0.15, 0.2) is 42.5 Å². The smallest absolute Gasteiger partial charge is 0.411 e. The van der Waals surface area contributed by atoms with E-state index >= 15 is 0 Å². The summed E-state index contributed by atoms with van der Waals surface area (Å²) in [4.78, 5) is 51.7. The fourth-order valence-corrected chi connectivity index (χ4v) is 8.87. The highest BCUT2D eigenvalue weighted by Crippen LogP contribution is 2.39. The molecule has 2 aromatic carbocycles. The number of carbonyl (C=O) groups excluding carboxylic acids is 3. The fourth-order valence-electron chi connectivity index (χ4n) is 8.87. The molecule has 10 heteroatoms. The lowest BCUT2D eigenvalue weighted by Gasteiger charge is -2.57. The first-order valence-electron chi connectivity index (χ1n) is 18.7. The molecule has 4 aliphatic rings. The highest BCUT2D eigenvalue weighted by molar-refractivity contribution is 5.91. The molecule has 0 unspecified atom stereocenters. The van der Waals surface area contributed by atoms with Crippen molar-refractivity contribution in [2.24, 2.45) is 0 Å². The van der Waals surface area contributed by atoms with Crippen molar-refractivity contribution in [1.82, 2.24) is 24.5 Å². The van der Waals surface area contributed by atoms with Crippen molar-refractivity contribution in [3.8, 4) is 0 Å². The number of hydrogen-bond acceptors (Lipinski definition) is 7. The largest absolute Gasteiger partial charge is 0.445 e. The third kappa shape index (κ3) is 7.66. The van der Waals surface area contributed by atoms with Crippen molar-refractivity contribution in [3.63, 3.8) is 0 Å². The summed E-state index contributed by atoms with van der Waals surface area (Å²) in [5.41, 5.74) is 4.68. The molecule has 0 aromatic heterocycles. The number of rotatable bonds is 10. The molecule has 49 heavy (non-hydrogen) atoms. The molecule has 266 valence electrons. The average Bonchev–Trinajstić information content (AvgIpc) is 3.31. The summed E-state index contributed by atoms with van der Waals surface area (Å²) in [6.07, 6.45) is 6.89. The van der Waals surface area contributed by atoms with Crippen molar-refractivity contribution < 1.29 is 19.1 Å². The number of likely N-dealkylation sites (tertiary alicyclic amines) is 2. The second kappa shape index (κ2) is 16.0. The Balaban J connectivity index is 1.22. The van der Waals surface area contributed by atoms with Gasteiger partial charge in [0.2, 0.25) is 0 Å². The van der Waals surface area contributed by atoms with Crippen LogP contribution in [0.3, 0.4) is 0 Å². The van der Waals surface area contributed by atoms with Crippen molar-refractivity contribution in [2.45, 2.75) is 96.5 Å². The van der Waals surface area contributed by atoms with Crippen molar-refractivity contribution >= 4 is 24.1 Å². The van der Waals surface area contributed by atoms with E-state index in [4.69, 9.17) is 4.74 Å². The molecule has 0 saturated carbocycles. The zero-order chi connectivity index (χ0) is 34.4. The SMILES string of the molecule is CCc1ccc(COC(=O)N2CC[C@@H](N3CCc4ccccc4NC3=O)C[C@@]2(CC=O)N2CCN(C3CCN(CC)CC3)CC2)cc1CC. The van der Waals surface area contributed by atoms with E-state index in [-0.39, 0.29) is 31.2 Å². The quantitative estimate of drug-likeness (QED) is 0.339. The molecule has 3 fully saturated rings. The number of aldehydes is 1. The first kappa shape index (κ1) is 35.4. The maximum absolute atomic E-state index is 14.2. The van der Waals surface area contributed by atoms with Gasteiger partial charge < -0.3 is 24.6 Å². The number of ether oxygens (including phenoxy) is 1. The Morgan fingerprint density at radius 2 is 1.63 bits per heavy atom. The van der Waals surface area contributed by atoms with Gasteiger partial charge in [0.1, 0.15) is 18.6 Å². The summed E-state index contributed by atoms with van der Waals surface area (Å²) in [6, 6.07) is 14.7. The van der Waals surface area contributed by atoms with Gasteiger partial charge in [0.15, 0.2) is 0 Å². The summed E-state index contributed by atoms with van der Waals surface area (Å²) in [5, 5.41) is 3.14. The minimum atomic E-state index is -0.875. The zero-order valence-electron chi connectivity index (χ0n) is 29.9. The van der Waals surface area contributed by atoms with Crippen LogP contribution in [0.25, 0.3) is 0 Å². The second-order valence-corrected chi connectivity index (χ2v) is 14.2. The minimum Gasteiger partial charge on any atom is -0.445 e. The van der Waals surface area contributed by atoms with E-state index in [0.717, 1.165) is 88.2 Å². The van der Waals surface area contributed by atoms with Gasteiger partial charge in [-0.25, -0.2) is 9.59 Å². The third-order valence-corrected chi connectivity index (χ3v) is 11.8. The number of piperazine rings is 1. The normalized spacial score (nSPS) is 24.6. The van der Waals surface area contributed by atoms with Crippen LogP contribution in [0.2, 0.25) is 0 Å². The van der Waals surface area contributed by atoms with E-state index in [9.17, 15) is 14.4 Å². The number of benzene rings is 2. The topological polar surface area (TPSA) is 88.7 Å². The predicted octanol–water partition coefficient (Wildman–Crippen LogP) is 5.39. The Hall–Kier alpha value is -3.47. The van der Waals surface area contributed by atoms with Gasteiger partial charge in [-0.2, -0.15) is 0 Å². The van der Waals surface area contributed by atoms with Gasteiger partial charge in [0.25, 0.3) is 0 Å². The van der Waals surface area contributed by atoms with Gasteiger partial charge in [-0.15, -0.1) is 0 Å². The molecule has 4 aliphatic heterocycles. The van der Waals surface area contributed by atoms with Crippen LogP contribution in [0.4, 0.5) is 15.3 Å². The number of nitrogens with one attached hydrogen (secondary N) is 1. The van der Waals surface area contributed by atoms with Gasteiger partial charge in [-0.1, -0.05) is 57.2 Å². The van der Waals surface area contributed by atoms with Crippen LogP contribution in [0, 0.1) is 0 Å². The fraction of sp³-hybridized carbons (Fsp3) is 0.615. The average molecular weight is 673 g/mol. The Bertz CT molecular complexity index is 1450. The maximum Gasteiger partial charge on any atom is 0.411 e.